The van der Waals surface area contributed by atoms with Gasteiger partial charge in [0.1, 0.15) is 17.6 Å². The van der Waals surface area contributed by atoms with E-state index in [2.05, 4.69) is 21.6 Å². The second kappa shape index (κ2) is 7.54. The number of piperidine rings is 1. The molecule has 2 fully saturated rings. The number of benzene rings is 1. The van der Waals surface area contributed by atoms with Crippen LogP contribution in [-0.4, -0.2) is 59.2 Å². The van der Waals surface area contributed by atoms with Gasteiger partial charge in [-0.1, -0.05) is 6.07 Å². The highest BCUT2D eigenvalue weighted by molar-refractivity contribution is 5.73. The Hall–Kier alpha value is -2.25. The van der Waals surface area contributed by atoms with E-state index >= 15 is 0 Å². The van der Waals surface area contributed by atoms with Crippen LogP contribution in [0, 0.1) is 0 Å². The van der Waals surface area contributed by atoms with E-state index < -0.39 is 6.17 Å². The summed E-state index contributed by atoms with van der Waals surface area (Å²) in [5.41, 5.74) is 4.65. The molecule has 0 amide bonds. The summed E-state index contributed by atoms with van der Waals surface area (Å²) in [6.07, 6.45) is 2.73. The number of likely N-dealkylation sites (N-methyl/N-ethyl adjacent to an activating group) is 1. The lowest BCUT2D eigenvalue weighted by Gasteiger charge is -2.33. The van der Waals surface area contributed by atoms with E-state index in [0.717, 1.165) is 29.8 Å². The number of anilines is 1. The predicted molar refractivity (Wildman–Crippen MR) is 109 cm³/mol. The monoisotopic (exact) mass is 398 g/mol. The van der Waals surface area contributed by atoms with Crippen LogP contribution in [0.2, 0.25) is 0 Å². The smallest absolute Gasteiger partial charge is 0.154 e. The molecule has 29 heavy (non-hydrogen) atoms. The zero-order chi connectivity index (χ0) is 20.0. The van der Waals surface area contributed by atoms with Gasteiger partial charge in [0, 0.05) is 36.7 Å². The maximum atomic E-state index is 14.0. The molecule has 5 rings (SSSR count). The molecule has 2 N–H and O–H groups in total. The van der Waals surface area contributed by atoms with Gasteiger partial charge in [0.05, 0.1) is 13.2 Å². The summed E-state index contributed by atoms with van der Waals surface area (Å²) in [7, 11) is 1.93. The number of alkyl halides is 1. The first-order valence-electron chi connectivity index (χ1n) is 10.5. The lowest BCUT2D eigenvalue weighted by atomic mass is 9.96. The summed E-state index contributed by atoms with van der Waals surface area (Å²) in [5, 5.41) is 23.0. The van der Waals surface area contributed by atoms with E-state index in [1.54, 1.807) is 0 Å². The van der Waals surface area contributed by atoms with Crippen molar-refractivity contribution in [2.75, 3.05) is 32.1 Å². The van der Waals surface area contributed by atoms with E-state index in [0.29, 0.717) is 43.5 Å². The molecule has 2 aliphatic heterocycles. The number of fused-ring (bicyclic) bond motifs is 1. The molecule has 3 aliphatic rings. The molecular weight excluding hydrogens is 371 g/mol. The Morgan fingerprint density at radius 1 is 1.21 bits per heavy atom. The number of ether oxygens (including phenoxy) is 1. The van der Waals surface area contributed by atoms with Crippen LogP contribution in [0.3, 0.4) is 0 Å². The number of likely N-dealkylation sites (tertiary alicyclic amines) is 1. The van der Waals surface area contributed by atoms with Gasteiger partial charge in [-0.25, -0.2) is 4.39 Å². The van der Waals surface area contributed by atoms with Crippen molar-refractivity contribution < 1.29 is 14.2 Å². The molecule has 154 valence electrons. The summed E-state index contributed by atoms with van der Waals surface area (Å²) in [5.74, 6) is 1.51. The largest absolute Gasteiger partial charge is 0.507 e. The van der Waals surface area contributed by atoms with E-state index in [9.17, 15) is 9.50 Å². The van der Waals surface area contributed by atoms with Crippen molar-refractivity contribution in [3.8, 4) is 17.0 Å². The fourth-order valence-electron chi connectivity index (χ4n) is 4.58. The van der Waals surface area contributed by atoms with E-state index in [1.165, 1.54) is 18.4 Å². The molecule has 6 nitrogen and oxygen atoms in total. The molecule has 1 saturated heterocycles. The van der Waals surface area contributed by atoms with Crippen molar-refractivity contribution >= 4 is 5.82 Å². The fraction of sp³-hybridized carbons (Fsp3) is 0.545. The second-order valence-corrected chi connectivity index (χ2v) is 8.60. The molecule has 0 radical (unpaired) electrons. The minimum absolute atomic E-state index is 0.0128. The molecule has 0 spiro atoms. The Labute approximate surface area is 170 Å². The maximum Gasteiger partial charge on any atom is 0.154 e. The van der Waals surface area contributed by atoms with Crippen LogP contribution >= 0.6 is 0 Å². The van der Waals surface area contributed by atoms with Crippen LogP contribution < -0.4 is 5.32 Å². The highest BCUT2D eigenvalue weighted by atomic mass is 19.1. The highest BCUT2D eigenvalue weighted by Crippen LogP contribution is 2.43. The number of hydrogen-bond acceptors (Lipinski definition) is 6. The van der Waals surface area contributed by atoms with Gasteiger partial charge in [-0.3, -0.25) is 0 Å². The molecule has 2 atom stereocenters. The van der Waals surface area contributed by atoms with Crippen LogP contribution in [0.25, 0.3) is 11.3 Å². The van der Waals surface area contributed by atoms with Crippen LogP contribution in [-0.2, 0) is 17.8 Å². The first-order valence-corrected chi connectivity index (χ1v) is 10.5. The molecule has 1 aliphatic carbocycles. The molecule has 1 aromatic carbocycles. The lowest BCUT2D eigenvalue weighted by Crippen LogP contribution is -2.45. The molecule has 0 bridgehead atoms. The molecular formula is C22H27FN4O2. The molecule has 3 heterocycles. The Bertz CT molecular complexity index is 908. The van der Waals surface area contributed by atoms with Crippen LogP contribution in [0.15, 0.2) is 18.2 Å². The third-order valence-corrected chi connectivity index (χ3v) is 6.18. The lowest BCUT2D eigenvalue weighted by molar-refractivity contribution is 0.110. The summed E-state index contributed by atoms with van der Waals surface area (Å²) >= 11 is 0. The number of halogens is 1. The highest BCUT2D eigenvalue weighted by Gasteiger charge is 2.29. The summed E-state index contributed by atoms with van der Waals surface area (Å²) in [4.78, 5) is 2.00. The van der Waals surface area contributed by atoms with Gasteiger partial charge in [0.15, 0.2) is 5.82 Å². The number of rotatable bonds is 4. The zero-order valence-electron chi connectivity index (χ0n) is 16.7. The number of nitrogens with one attached hydrogen (secondary N) is 1. The van der Waals surface area contributed by atoms with E-state index in [4.69, 9.17) is 4.74 Å². The molecule has 1 aromatic heterocycles. The number of nitrogens with zero attached hydrogens (tertiary/aromatic N) is 3. The number of aromatic nitrogens is 2. The number of hydrogen-bond donors (Lipinski definition) is 2. The van der Waals surface area contributed by atoms with Crippen LogP contribution in [0.5, 0.6) is 5.75 Å². The van der Waals surface area contributed by atoms with E-state index in [1.807, 2.05) is 24.1 Å². The molecule has 2 aromatic rings. The second-order valence-electron chi connectivity index (χ2n) is 8.60. The predicted octanol–water partition coefficient (Wildman–Crippen LogP) is 3.25. The topological polar surface area (TPSA) is 70.5 Å². The minimum atomic E-state index is -0.840. The normalized spacial score (nSPS) is 24.9. The van der Waals surface area contributed by atoms with Crippen molar-refractivity contribution in [3.63, 3.8) is 0 Å². The number of aromatic hydroxyl groups is 1. The van der Waals surface area contributed by atoms with Crippen molar-refractivity contribution in [2.45, 2.75) is 50.4 Å². The average Bonchev–Trinajstić information content (AvgIpc) is 3.53. The third kappa shape index (κ3) is 3.81. The minimum Gasteiger partial charge on any atom is -0.507 e. The standard InChI is InChI=1S/C22H27FN4O2/c1-27-10-15(23)9-16(11-27)24-22-19-12-29-7-6-17(19)21(25-26-22)18-5-4-14(8-20(18)28)13-2-3-13/h4-5,8,13,15-16,28H,2-3,6-7,9-12H2,1H3,(H,24,26)/t15-,16-/m1/s1. The average molecular weight is 398 g/mol. The van der Waals surface area contributed by atoms with Crippen molar-refractivity contribution in [3.05, 3.63) is 34.9 Å². The van der Waals surface area contributed by atoms with Gasteiger partial charge >= 0.3 is 0 Å². The Balaban J connectivity index is 1.47. The van der Waals surface area contributed by atoms with Gasteiger partial charge in [-0.15, -0.1) is 10.2 Å². The maximum absolute atomic E-state index is 14.0. The van der Waals surface area contributed by atoms with Crippen LogP contribution in [0.1, 0.15) is 41.9 Å². The van der Waals surface area contributed by atoms with E-state index in [-0.39, 0.29) is 11.8 Å². The summed E-state index contributed by atoms with van der Waals surface area (Å²) in [6.45, 7) is 2.30. The first-order chi connectivity index (χ1) is 14.1. The van der Waals surface area contributed by atoms with Gasteiger partial charge in [0.2, 0.25) is 0 Å². The number of phenolic OH excluding ortho intramolecular Hbond substituents is 1. The van der Waals surface area contributed by atoms with Crippen molar-refractivity contribution in [2.24, 2.45) is 0 Å². The van der Waals surface area contributed by atoms with Gasteiger partial charge in [0.25, 0.3) is 0 Å². The zero-order valence-corrected chi connectivity index (χ0v) is 16.7. The van der Waals surface area contributed by atoms with Crippen LogP contribution in [0.4, 0.5) is 10.2 Å². The summed E-state index contributed by atoms with van der Waals surface area (Å²) < 4.78 is 19.7. The fourth-order valence-corrected chi connectivity index (χ4v) is 4.58. The molecule has 1 saturated carbocycles. The Kier molecular flexibility index (Phi) is 4.87. The quantitative estimate of drug-likeness (QED) is 0.824. The van der Waals surface area contributed by atoms with Gasteiger partial charge < -0.3 is 20.1 Å². The molecule has 7 heteroatoms. The summed E-state index contributed by atoms with van der Waals surface area (Å²) in [6, 6.07) is 5.90. The van der Waals surface area contributed by atoms with Crippen molar-refractivity contribution in [1.82, 2.24) is 15.1 Å². The SMILES string of the molecule is CN1C[C@H](F)C[C@@H](Nc2nnc(-c3ccc(C4CC4)cc3O)c3c2COCC3)C1. The third-order valence-electron chi connectivity index (χ3n) is 6.18. The van der Waals surface area contributed by atoms with Crippen molar-refractivity contribution in [1.29, 1.82) is 0 Å². The van der Waals surface area contributed by atoms with Gasteiger partial charge in [-0.2, -0.15) is 0 Å². The Morgan fingerprint density at radius 2 is 2.07 bits per heavy atom. The number of phenols is 1. The Morgan fingerprint density at radius 3 is 2.83 bits per heavy atom. The molecule has 0 unspecified atom stereocenters. The van der Waals surface area contributed by atoms with Gasteiger partial charge in [-0.05, 0) is 55.5 Å². The first kappa shape index (κ1) is 18.8.